The van der Waals surface area contributed by atoms with Crippen molar-refractivity contribution in [1.82, 2.24) is 0 Å². The fraction of sp³-hybridized carbons (Fsp3) is 0.562. The number of aliphatic hydroxyl groups is 1. The van der Waals surface area contributed by atoms with Crippen LogP contribution < -0.4 is 0 Å². The van der Waals surface area contributed by atoms with Gasteiger partial charge in [-0.2, -0.15) is 5.26 Å². The molecule has 1 N–H and O–H groups in total. The molecule has 0 radical (unpaired) electrons. The van der Waals surface area contributed by atoms with E-state index in [1.807, 2.05) is 25.1 Å². The minimum absolute atomic E-state index is 0.167. The van der Waals surface area contributed by atoms with Crippen molar-refractivity contribution < 1.29 is 5.11 Å². The fourth-order valence-electron chi connectivity index (χ4n) is 3.23. The van der Waals surface area contributed by atoms with Gasteiger partial charge in [0, 0.05) is 0 Å². The van der Waals surface area contributed by atoms with Crippen molar-refractivity contribution in [1.29, 1.82) is 5.26 Å². The molecule has 96 valence electrons. The van der Waals surface area contributed by atoms with Crippen LogP contribution in [0, 0.1) is 17.2 Å². The SMILES string of the molecule is CCCC(C)C(O)C1(C#N)CCc2ccccc21. The number of aliphatic hydroxyl groups excluding tert-OH is 1. The van der Waals surface area contributed by atoms with Gasteiger partial charge in [0.1, 0.15) is 5.41 Å². The Balaban J connectivity index is 2.37. The molecule has 0 amide bonds. The van der Waals surface area contributed by atoms with Crippen LogP contribution in [0.3, 0.4) is 0 Å². The molecule has 18 heavy (non-hydrogen) atoms. The van der Waals surface area contributed by atoms with Crippen molar-refractivity contribution in [2.75, 3.05) is 0 Å². The summed E-state index contributed by atoms with van der Waals surface area (Å²) in [4.78, 5) is 0. The number of hydrogen-bond donors (Lipinski definition) is 1. The average Bonchev–Trinajstić information content (AvgIpc) is 2.78. The molecule has 0 aromatic heterocycles. The third-order valence-corrected chi connectivity index (χ3v) is 4.27. The molecule has 2 nitrogen and oxygen atoms in total. The van der Waals surface area contributed by atoms with Gasteiger partial charge in [-0.05, 0) is 36.3 Å². The van der Waals surface area contributed by atoms with Gasteiger partial charge in [-0.15, -0.1) is 0 Å². The highest BCUT2D eigenvalue weighted by Crippen LogP contribution is 2.43. The van der Waals surface area contributed by atoms with Crippen LogP contribution >= 0.6 is 0 Å². The molecule has 1 aromatic rings. The van der Waals surface area contributed by atoms with Gasteiger partial charge in [-0.25, -0.2) is 0 Å². The van der Waals surface area contributed by atoms with Crippen molar-refractivity contribution in [3.63, 3.8) is 0 Å². The summed E-state index contributed by atoms with van der Waals surface area (Å²) in [6.07, 6.45) is 3.09. The van der Waals surface area contributed by atoms with E-state index in [4.69, 9.17) is 0 Å². The summed E-state index contributed by atoms with van der Waals surface area (Å²) in [6, 6.07) is 10.5. The van der Waals surface area contributed by atoms with Gasteiger partial charge in [0.15, 0.2) is 0 Å². The molecule has 0 spiro atoms. The highest BCUT2D eigenvalue weighted by molar-refractivity contribution is 5.45. The van der Waals surface area contributed by atoms with E-state index >= 15 is 0 Å². The maximum absolute atomic E-state index is 10.6. The normalized spacial score (nSPS) is 25.2. The third kappa shape index (κ3) is 1.93. The smallest absolute Gasteiger partial charge is 0.109 e. The Hall–Kier alpha value is -1.33. The average molecular weight is 243 g/mol. The van der Waals surface area contributed by atoms with Gasteiger partial charge in [-0.3, -0.25) is 0 Å². The molecule has 1 aliphatic rings. The Morgan fingerprint density at radius 2 is 2.17 bits per heavy atom. The van der Waals surface area contributed by atoms with Crippen LogP contribution in [0.5, 0.6) is 0 Å². The summed E-state index contributed by atoms with van der Waals surface area (Å²) in [5.41, 5.74) is 1.58. The van der Waals surface area contributed by atoms with Gasteiger partial charge < -0.3 is 5.11 Å². The van der Waals surface area contributed by atoms with E-state index in [1.165, 1.54) is 5.56 Å². The highest BCUT2D eigenvalue weighted by Gasteiger charge is 2.46. The van der Waals surface area contributed by atoms with E-state index in [0.29, 0.717) is 0 Å². The molecule has 3 unspecified atom stereocenters. The lowest BCUT2D eigenvalue weighted by Crippen LogP contribution is -2.40. The maximum atomic E-state index is 10.6. The minimum Gasteiger partial charge on any atom is -0.391 e. The molecule has 1 aromatic carbocycles. The number of hydrogen-bond acceptors (Lipinski definition) is 2. The molecule has 0 saturated heterocycles. The molecular weight excluding hydrogens is 222 g/mol. The second kappa shape index (κ2) is 5.12. The van der Waals surface area contributed by atoms with Crippen LogP contribution in [0.1, 0.15) is 44.2 Å². The molecule has 0 fully saturated rings. The number of nitriles is 1. The topological polar surface area (TPSA) is 44.0 Å². The standard InChI is InChI=1S/C16H21NO/c1-3-6-12(2)15(18)16(11-17)10-9-13-7-4-5-8-14(13)16/h4-5,7-8,12,15,18H,3,6,9-10H2,1-2H3. The van der Waals surface area contributed by atoms with E-state index < -0.39 is 11.5 Å². The number of fused-ring (bicyclic) bond motifs is 1. The zero-order valence-electron chi connectivity index (χ0n) is 11.2. The predicted molar refractivity (Wildman–Crippen MR) is 72.1 cm³/mol. The van der Waals surface area contributed by atoms with E-state index in [1.54, 1.807) is 0 Å². The van der Waals surface area contributed by atoms with Gasteiger partial charge in [-0.1, -0.05) is 44.5 Å². The fourth-order valence-corrected chi connectivity index (χ4v) is 3.23. The van der Waals surface area contributed by atoms with Crippen molar-refractivity contribution in [3.8, 4) is 6.07 Å². The summed E-state index contributed by atoms with van der Waals surface area (Å²) in [5.74, 6) is 0.167. The van der Waals surface area contributed by atoms with Crippen molar-refractivity contribution >= 4 is 0 Å². The second-order valence-electron chi connectivity index (χ2n) is 5.45. The van der Waals surface area contributed by atoms with Gasteiger partial charge in [0.2, 0.25) is 0 Å². The first kappa shape index (κ1) is 13.1. The van der Waals surface area contributed by atoms with Crippen molar-refractivity contribution in [3.05, 3.63) is 35.4 Å². The van der Waals surface area contributed by atoms with E-state index in [-0.39, 0.29) is 5.92 Å². The predicted octanol–water partition coefficient (Wildman–Crippen LogP) is 3.19. The van der Waals surface area contributed by atoms with Gasteiger partial charge in [0.05, 0.1) is 12.2 Å². The second-order valence-corrected chi connectivity index (χ2v) is 5.45. The number of nitrogens with zero attached hydrogens (tertiary/aromatic N) is 1. The lowest BCUT2D eigenvalue weighted by molar-refractivity contribution is 0.0554. The number of rotatable bonds is 4. The molecule has 0 bridgehead atoms. The van der Waals surface area contributed by atoms with Crippen molar-refractivity contribution in [2.45, 2.75) is 51.0 Å². The Labute approximate surface area is 109 Å². The first-order valence-electron chi connectivity index (χ1n) is 6.83. The number of aryl methyl sites for hydroxylation is 1. The van der Waals surface area contributed by atoms with Crippen LogP contribution in [0.25, 0.3) is 0 Å². The Kier molecular flexibility index (Phi) is 3.73. The molecule has 2 heteroatoms. The first-order valence-corrected chi connectivity index (χ1v) is 6.83. The van der Waals surface area contributed by atoms with Crippen molar-refractivity contribution in [2.24, 2.45) is 5.92 Å². The van der Waals surface area contributed by atoms with E-state index in [9.17, 15) is 10.4 Å². The zero-order chi connectivity index (χ0) is 13.2. The molecule has 0 heterocycles. The summed E-state index contributed by atoms with van der Waals surface area (Å²) in [7, 11) is 0. The Bertz CT molecular complexity index is 462. The molecule has 0 saturated carbocycles. The summed E-state index contributed by atoms with van der Waals surface area (Å²) >= 11 is 0. The lowest BCUT2D eigenvalue weighted by Gasteiger charge is -2.32. The number of benzene rings is 1. The van der Waals surface area contributed by atoms with Crippen LogP contribution in [-0.2, 0) is 11.8 Å². The Morgan fingerprint density at radius 1 is 1.44 bits per heavy atom. The quantitative estimate of drug-likeness (QED) is 0.882. The zero-order valence-corrected chi connectivity index (χ0v) is 11.2. The third-order valence-electron chi connectivity index (χ3n) is 4.27. The van der Waals surface area contributed by atoms with Gasteiger partial charge >= 0.3 is 0 Å². The van der Waals surface area contributed by atoms with Crippen LogP contribution in [0.2, 0.25) is 0 Å². The van der Waals surface area contributed by atoms with Crippen LogP contribution in [0.4, 0.5) is 0 Å². The van der Waals surface area contributed by atoms with Crippen LogP contribution in [0.15, 0.2) is 24.3 Å². The maximum Gasteiger partial charge on any atom is 0.109 e. The molecule has 3 atom stereocenters. The van der Waals surface area contributed by atoms with E-state index in [2.05, 4.69) is 19.1 Å². The molecular formula is C16H21NO. The molecule has 1 aliphatic carbocycles. The minimum atomic E-state index is -0.689. The monoisotopic (exact) mass is 243 g/mol. The molecule has 0 aliphatic heterocycles. The summed E-state index contributed by atoms with van der Waals surface area (Å²) in [6.45, 7) is 4.17. The lowest BCUT2D eigenvalue weighted by atomic mass is 9.73. The Morgan fingerprint density at radius 3 is 2.83 bits per heavy atom. The van der Waals surface area contributed by atoms with E-state index in [0.717, 1.165) is 31.2 Å². The largest absolute Gasteiger partial charge is 0.391 e. The van der Waals surface area contributed by atoms with Gasteiger partial charge in [0.25, 0.3) is 0 Å². The van der Waals surface area contributed by atoms with Crippen LogP contribution in [-0.4, -0.2) is 11.2 Å². The highest BCUT2D eigenvalue weighted by atomic mass is 16.3. The molecule has 2 rings (SSSR count). The summed E-state index contributed by atoms with van der Waals surface area (Å²) < 4.78 is 0. The first-order chi connectivity index (χ1) is 8.65. The summed E-state index contributed by atoms with van der Waals surface area (Å²) in [5, 5.41) is 20.3.